The fourth-order valence-electron chi connectivity index (χ4n) is 1.35. The maximum Gasteiger partial charge on any atom is 0.152 e. The smallest absolute Gasteiger partial charge is 0.152 e. The Balaban J connectivity index is 2.30. The third-order valence-electron chi connectivity index (χ3n) is 2.16. The molecule has 0 unspecified atom stereocenters. The minimum Gasteiger partial charge on any atom is -0.339 e. The van der Waals surface area contributed by atoms with Crippen LogP contribution in [-0.2, 0) is 6.54 Å². The first-order chi connectivity index (χ1) is 7.81. The van der Waals surface area contributed by atoms with Gasteiger partial charge in [0.05, 0.1) is 6.20 Å². The van der Waals surface area contributed by atoms with Gasteiger partial charge in [0.25, 0.3) is 0 Å². The molecule has 5 heteroatoms. The number of anilines is 2. The molecule has 16 heavy (non-hydrogen) atoms. The summed E-state index contributed by atoms with van der Waals surface area (Å²) in [6, 6.07) is 7.75. The Labute approximate surface area is 98.5 Å². The molecule has 0 saturated heterocycles. The average Bonchev–Trinajstić information content (AvgIpc) is 2.33. The Bertz CT molecular complexity index is 487. The summed E-state index contributed by atoms with van der Waals surface area (Å²) in [6.07, 6.45) is 2.99. The predicted molar refractivity (Wildman–Crippen MR) is 64.7 cm³/mol. The molecule has 1 aromatic carbocycles. The lowest BCUT2D eigenvalue weighted by Crippen LogP contribution is -2.02. The molecule has 82 valence electrons. The first kappa shape index (κ1) is 10.9. The maximum absolute atomic E-state index is 5.95. The molecule has 2 aromatic rings. The number of aromatic nitrogens is 2. The minimum atomic E-state index is 0.464. The quantitative estimate of drug-likeness (QED) is 0.856. The summed E-state index contributed by atoms with van der Waals surface area (Å²) in [5, 5.41) is 3.61. The number of benzene rings is 1. The van der Waals surface area contributed by atoms with Crippen LogP contribution in [0.1, 0.15) is 5.56 Å². The van der Waals surface area contributed by atoms with E-state index < -0.39 is 0 Å². The van der Waals surface area contributed by atoms with Crippen LogP contribution in [0.4, 0.5) is 11.5 Å². The zero-order valence-electron chi connectivity index (χ0n) is 8.52. The second-order valence-electron chi connectivity index (χ2n) is 3.21. The Morgan fingerprint density at radius 2 is 2.12 bits per heavy atom. The number of nitrogens with two attached hydrogens (primary N) is 1. The zero-order valence-corrected chi connectivity index (χ0v) is 9.28. The van der Waals surface area contributed by atoms with Crippen molar-refractivity contribution in [1.29, 1.82) is 0 Å². The normalized spacial score (nSPS) is 10.1. The Hall–Kier alpha value is -1.65. The van der Waals surface area contributed by atoms with Gasteiger partial charge in [0.1, 0.15) is 11.3 Å². The predicted octanol–water partition coefficient (Wildman–Crippen LogP) is 2.33. The van der Waals surface area contributed by atoms with E-state index in [4.69, 9.17) is 17.3 Å². The van der Waals surface area contributed by atoms with E-state index in [1.165, 1.54) is 6.33 Å². The monoisotopic (exact) mass is 234 g/mol. The van der Waals surface area contributed by atoms with Crippen LogP contribution in [0.3, 0.4) is 0 Å². The molecule has 0 aliphatic heterocycles. The van der Waals surface area contributed by atoms with Gasteiger partial charge in [-0.05, 0) is 11.6 Å². The molecule has 0 aliphatic carbocycles. The molecule has 0 spiro atoms. The summed E-state index contributed by atoms with van der Waals surface area (Å²) >= 11 is 5.95. The third-order valence-corrected chi connectivity index (χ3v) is 2.43. The zero-order chi connectivity index (χ0) is 11.4. The topological polar surface area (TPSA) is 63.8 Å². The summed E-state index contributed by atoms with van der Waals surface area (Å²) < 4.78 is 0. The van der Waals surface area contributed by atoms with Crippen LogP contribution >= 0.6 is 11.6 Å². The highest BCUT2D eigenvalue weighted by Gasteiger charge is 2.04. The van der Waals surface area contributed by atoms with Gasteiger partial charge in [-0.3, -0.25) is 0 Å². The molecular formula is C11H11ClN4. The summed E-state index contributed by atoms with van der Waals surface area (Å²) in [5.41, 5.74) is 7.56. The van der Waals surface area contributed by atoms with Crippen molar-refractivity contribution in [2.45, 2.75) is 6.54 Å². The molecule has 0 fully saturated rings. The summed E-state index contributed by atoms with van der Waals surface area (Å²) in [6.45, 7) is 0.464. The highest BCUT2D eigenvalue weighted by molar-refractivity contribution is 6.32. The van der Waals surface area contributed by atoms with Crippen LogP contribution in [0.15, 0.2) is 36.8 Å². The summed E-state index contributed by atoms with van der Waals surface area (Å²) in [4.78, 5) is 7.88. The van der Waals surface area contributed by atoms with Gasteiger partial charge in [-0.25, -0.2) is 9.97 Å². The SMILES string of the molecule is NCc1ccccc1Nc1ncncc1Cl. The summed E-state index contributed by atoms with van der Waals surface area (Å²) in [7, 11) is 0. The van der Waals surface area contributed by atoms with Crippen LogP contribution in [0.5, 0.6) is 0 Å². The van der Waals surface area contributed by atoms with Crippen LogP contribution < -0.4 is 11.1 Å². The van der Waals surface area contributed by atoms with Crippen molar-refractivity contribution in [2.75, 3.05) is 5.32 Å². The van der Waals surface area contributed by atoms with E-state index in [-0.39, 0.29) is 0 Å². The fraction of sp³-hybridized carbons (Fsp3) is 0.0909. The molecule has 0 amide bonds. The van der Waals surface area contributed by atoms with Crippen molar-refractivity contribution < 1.29 is 0 Å². The Morgan fingerprint density at radius 3 is 2.88 bits per heavy atom. The van der Waals surface area contributed by atoms with Gasteiger partial charge in [0.15, 0.2) is 5.82 Å². The van der Waals surface area contributed by atoms with Gasteiger partial charge in [0, 0.05) is 12.2 Å². The number of nitrogens with zero attached hydrogens (tertiary/aromatic N) is 2. The number of halogens is 1. The highest BCUT2D eigenvalue weighted by Crippen LogP contribution is 2.23. The molecule has 1 heterocycles. The van der Waals surface area contributed by atoms with Crippen molar-refractivity contribution >= 4 is 23.1 Å². The maximum atomic E-state index is 5.95. The molecule has 4 nitrogen and oxygen atoms in total. The molecule has 0 aliphatic rings. The molecular weight excluding hydrogens is 224 g/mol. The van der Waals surface area contributed by atoms with Gasteiger partial charge >= 0.3 is 0 Å². The number of hydrogen-bond acceptors (Lipinski definition) is 4. The van der Waals surface area contributed by atoms with Crippen molar-refractivity contribution in [3.8, 4) is 0 Å². The van der Waals surface area contributed by atoms with Crippen molar-refractivity contribution in [3.63, 3.8) is 0 Å². The van der Waals surface area contributed by atoms with Crippen LogP contribution in [0.25, 0.3) is 0 Å². The second kappa shape index (κ2) is 4.92. The van der Waals surface area contributed by atoms with Crippen LogP contribution in [-0.4, -0.2) is 9.97 Å². The van der Waals surface area contributed by atoms with Crippen molar-refractivity contribution in [1.82, 2.24) is 9.97 Å². The van der Waals surface area contributed by atoms with E-state index in [0.717, 1.165) is 11.3 Å². The lowest BCUT2D eigenvalue weighted by atomic mass is 10.2. The minimum absolute atomic E-state index is 0.464. The van der Waals surface area contributed by atoms with Crippen molar-refractivity contribution in [2.24, 2.45) is 5.73 Å². The van der Waals surface area contributed by atoms with Crippen LogP contribution in [0, 0.1) is 0 Å². The van der Waals surface area contributed by atoms with Crippen LogP contribution in [0.2, 0.25) is 5.02 Å². The standard InChI is InChI=1S/C11H11ClN4/c12-9-6-14-7-15-11(9)16-10-4-2-1-3-8(10)5-13/h1-4,6-7H,5,13H2,(H,14,15,16). The Morgan fingerprint density at radius 1 is 1.31 bits per heavy atom. The first-order valence-electron chi connectivity index (χ1n) is 4.82. The largest absolute Gasteiger partial charge is 0.339 e. The average molecular weight is 235 g/mol. The molecule has 0 atom stereocenters. The highest BCUT2D eigenvalue weighted by atomic mass is 35.5. The third kappa shape index (κ3) is 2.29. The molecule has 0 saturated carbocycles. The van der Waals surface area contributed by atoms with Gasteiger partial charge in [0.2, 0.25) is 0 Å². The lowest BCUT2D eigenvalue weighted by Gasteiger charge is -2.10. The van der Waals surface area contributed by atoms with E-state index in [2.05, 4.69) is 15.3 Å². The first-order valence-corrected chi connectivity index (χ1v) is 5.19. The molecule has 0 bridgehead atoms. The van der Waals surface area contributed by atoms with Gasteiger partial charge < -0.3 is 11.1 Å². The Kier molecular flexibility index (Phi) is 3.34. The van der Waals surface area contributed by atoms with Crippen molar-refractivity contribution in [3.05, 3.63) is 47.4 Å². The van der Waals surface area contributed by atoms with Gasteiger partial charge in [-0.15, -0.1) is 0 Å². The second-order valence-corrected chi connectivity index (χ2v) is 3.61. The number of rotatable bonds is 3. The molecule has 2 rings (SSSR count). The number of para-hydroxylation sites is 1. The van der Waals surface area contributed by atoms with E-state index >= 15 is 0 Å². The van der Waals surface area contributed by atoms with E-state index in [9.17, 15) is 0 Å². The van der Waals surface area contributed by atoms with E-state index in [1.807, 2.05) is 24.3 Å². The van der Waals surface area contributed by atoms with Gasteiger partial charge in [-0.1, -0.05) is 29.8 Å². The number of nitrogens with one attached hydrogen (secondary N) is 1. The molecule has 0 radical (unpaired) electrons. The fourth-order valence-corrected chi connectivity index (χ4v) is 1.50. The molecule has 3 N–H and O–H groups in total. The summed E-state index contributed by atoms with van der Waals surface area (Å²) in [5.74, 6) is 0.581. The van der Waals surface area contributed by atoms with E-state index in [0.29, 0.717) is 17.4 Å². The molecule has 1 aromatic heterocycles. The lowest BCUT2D eigenvalue weighted by molar-refractivity contribution is 1.07. The van der Waals surface area contributed by atoms with Gasteiger partial charge in [-0.2, -0.15) is 0 Å². The number of hydrogen-bond donors (Lipinski definition) is 2. The van der Waals surface area contributed by atoms with E-state index in [1.54, 1.807) is 6.20 Å².